The molecule has 0 saturated heterocycles. The Morgan fingerprint density at radius 2 is 1.70 bits per heavy atom. The van der Waals surface area contributed by atoms with Crippen molar-refractivity contribution in [3.05, 3.63) is 131 Å². The monoisotopic (exact) mass is 911 g/mol. The summed E-state index contributed by atoms with van der Waals surface area (Å²) in [6.45, 7) is 6.62. The standard InChI is InChI=1S/C53H57N3O11/c1-4-24-64-53-49(56(52(60)36-15-12-34(30-54)13-16-36)31-35-14-19-47-48(25-35)63-33-62-47)29-44(55-65-5-2)42-27-37(10-6-8-22-57)41(11-7-9-23-58)50(51(42)53)43-28-40(18-21-46(43)67-53)66-39-17-20-45(61-3)38(26-39)32-59/h4,12-21,25-28,32,37,41,49-51,57-58H,1,5-11,22-24,29,31,33H2,2-3H3. The summed E-state index contributed by atoms with van der Waals surface area (Å²) in [5.74, 6) is 0.342. The SMILES string of the molecule is C=CCOC12Oc3ccc(Oc4ccc(OC)c(C=O)c4)cc3C3C(CCCCO)C(CCCCO)C=C(C(=NOCC)CC1N(Cc1ccc4c(c1)OCO4)C(=O)c1ccc(C#N)cc1)C32. The summed E-state index contributed by atoms with van der Waals surface area (Å²) >= 11 is 0. The lowest BCUT2D eigenvalue weighted by molar-refractivity contribution is -0.255. The van der Waals surface area contributed by atoms with E-state index in [0.717, 1.165) is 48.7 Å². The van der Waals surface area contributed by atoms with Gasteiger partial charge in [0.05, 0.1) is 42.5 Å². The highest BCUT2D eigenvalue weighted by Gasteiger charge is 2.65. The zero-order chi connectivity index (χ0) is 46.9. The maximum absolute atomic E-state index is 15.4. The lowest BCUT2D eigenvalue weighted by Gasteiger charge is -2.60. The minimum Gasteiger partial charge on any atom is -0.496 e. The fourth-order valence-corrected chi connectivity index (χ4v) is 10.3. The number of hydrogen-bond acceptors (Lipinski definition) is 13. The van der Waals surface area contributed by atoms with Crippen LogP contribution in [0.3, 0.4) is 0 Å². The molecule has 6 atom stereocenters. The first kappa shape index (κ1) is 46.9. The van der Waals surface area contributed by atoms with E-state index >= 15 is 4.79 Å². The summed E-state index contributed by atoms with van der Waals surface area (Å²) in [4.78, 5) is 35.1. The van der Waals surface area contributed by atoms with Crippen LogP contribution in [0.4, 0.5) is 0 Å². The summed E-state index contributed by atoms with van der Waals surface area (Å²) in [5, 5.41) is 34.5. The number of benzene rings is 4. The van der Waals surface area contributed by atoms with Gasteiger partial charge in [-0.05, 0) is 128 Å². The molecule has 1 amide bonds. The third kappa shape index (κ3) is 9.63. The molecule has 0 aromatic heterocycles. The second kappa shape index (κ2) is 21.3. The van der Waals surface area contributed by atoms with Gasteiger partial charge in [-0.3, -0.25) is 9.59 Å². The molecule has 2 heterocycles. The van der Waals surface area contributed by atoms with E-state index < -0.39 is 17.7 Å². The average molecular weight is 912 g/mol. The van der Waals surface area contributed by atoms with Crippen LogP contribution in [-0.2, 0) is 16.1 Å². The van der Waals surface area contributed by atoms with Crippen LogP contribution in [-0.4, -0.2) is 85.2 Å². The second-order valence-electron chi connectivity index (χ2n) is 17.1. The number of nitriles is 1. The first-order chi connectivity index (χ1) is 32.8. The first-order valence-electron chi connectivity index (χ1n) is 23.0. The van der Waals surface area contributed by atoms with E-state index in [1.54, 1.807) is 53.4 Å². The third-order valence-electron chi connectivity index (χ3n) is 13.2. The number of oxime groups is 1. The number of fused-ring (bicyclic) bond motifs is 3. The van der Waals surface area contributed by atoms with E-state index in [1.807, 2.05) is 43.3 Å². The zero-order valence-electron chi connectivity index (χ0n) is 37.9. The van der Waals surface area contributed by atoms with Crippen molar-refractivity contribution in [2.45, 2.75) is 76.2 Å². The number of carbonyl (C=O) groups is 2. The fraction of sp³-hybridized carbons (Fsp3) is 0.396. The van der Waals surface area contributed by atoms with Gasteiger partial charge in [0.25, 0.3) is 5.91 Å². The van der Waals surface area contributed by atoms with Crippen LogP contribution in [0.25, 0.3) is 0 Å². The van der Waals surface area contributed by atoms with E-state index in [2.05, 4.69) is 18.7 Å². The first-order valence-corrected chi connectivity index (χ1v) is 23.0. The highest BCUT2D eigenvalue weighted by molar-refractivity contribution is 6.03. The Kier molecular flexibility index (Phi) is 14.9. The smallest absolute Gasteiger partial charge is 0.254 e. The van der Waals surface area contributed by atoms with Gasteiger partial charge in [0.15, 0.2) is 17.8 Å². The number of rotatable bonds is 21. The highest BCUT2D eigenvalue weighted by atomic mass is 16.7. The lowest BCUT2D eigenvalue weighted by Crippen LogP contribution is -2.70. The van der Waals surface area contributed by atoms with Crippen LogP contribution >= 0.6 is 0 Å². The molecule has 6 unspecified atom stereocenters. The number of nitrogens with zero attached hydrogens (tertiary/aromatic N) is 3. The molecule has 14 nitrogen and oxygen atoms in total. The van der Waals surface area contributed by atoms with Crippen molar-refractivity contribution in [2.24, 2.45) is 22.9 Å². The maximum Gasteiger partial charge on any atom is 0.254 e. The van der Waals surface area contributed by atoms with Crippen molar-refractivity contribution in [3.8, 4) is 40.6 Å². The molecule has 4 aromatic rings. The summed E-state index contributed by atoms with van der Waals surface area (Å²) in [6.07, 6.45) is 9.17. The normalized spacial score (nSPS) is 22.6. The Bertz CT molecular complexity index is 2530. The lowest BCUT2D eigenvalue weighted by atomic mass is 9.55. The zero-order valence-corrected chi connectivity index (χ0v) is 37.9. The van der Waals surface area contributed by atoms with Crippen LogP contribution < -0.4 is 23.7 Å². The molecular weight excluding hydrogens is 855 g/mol. The molecular formula is C53H57N3O11. The molecule has 67 heavy (non-hydrogen) atoms. The van der Waals surface area contributed by atoms with Gasteiger partial charge in [0, 0.05) is 43.2 Å². The largest absolute Gasteiger partial charge is 0.496 e. The number of allylic oxidation sites excluding steroid dienone is 1. The Morgan fingerprint density at radius 3 is 2.43 bits per heavy atom. The average Bonchev–Trinajstić information content (AvgIpc) is 3.83. The Morgan fingerprint density at radius 1 is 0.955 bits per heavy atom. The molecule has 0 spiro atoms. The van der Waals surface area contributed by atoms with Gasteiger partial charge in [0.2, 0.25) is 12.6 Å². The van der Waals surface area contributed by atoms with Gasteiger partial charge in [-0.25, -0.2) is 0 Å². The summed E-state index contributed by atoms with van der Waals surface area (Å²) in [6, 6.07) is 24.3. The van der Waals surface area contributed by atoms with Crippen LogP contribution in [0.2, 0.25) is 0 Å². The number of hydrogen-bond donors (Lipinski definition) is 2. The molecule has 2 aliphatic heterocycles. The van der Waals surface area contributed by atoms with Crippen molar-refractivity contribution >= 4 is 17.9 Å². The Hall–Kier alpha value is -6.66. The molecule has 2 N–H and O–H groups in total. The molecule has 0 radical (unpaired) electrons. The molecule has 2 aliphatic carbocycles. The van der Waals surface area contributed by atoms with Gasteiger partial charge in [-0.2, -0.15) is 5.26 Å². The quantitative estimate of drug-likeness (QED) is 0.0352. The number of unbranched alkanes of at least 4 members (excludes halogenated alkanes) is 2. The van der Waals surface area contributed by atoms with E-state index in [4.69, 9.17) is 38.4 Å². The third-order valence-corrected chi connectivity index (χ3v) is 13.2. The minimum atomic E-state index is -1.54. The van der Waals surface area contributed by atoms with Crippen LogP contribution in [0.5, 0.6) is 34.5 Å². The summed E-state index contributed by atoms with van der Waals surface area (Å²) < 4.78 is 37.9. The van der Waals surface area contributed by atoms with E-state index in [0.29, 0.717) is 76.3 Å². The fourth-order valence-electron chi connectivity index (χ4n) is 10.3. The van der Waals surface area contributed by atoms with Gasteiger partial charge in [-0.15, -0.1) is 6.58 Å². The molecule has 1 fully saturated rings. The van der Waals surface area contributed by atoms with Crippen LogP contribution in [0, 0.1) is 29.1 Å². The van der Waals surface area contributed by atoms with Crippen molar-refractivity contribution in [1.29, 1.82) is 5.26 Å². The summed E-state index contributed by atoms with van der Waals surface area (Å²) in [7, 11) is 1.51. The van der Waals surface area contributed by atoms with Crippen LogP contribution in [0.15, 0.2) is 108 Å². The number of aldehydes is 1. The topological polar surface area (TPSA) is 179 Å². The predicted octanol–water partition coefficient (Wildman–Crippen LogP) is 8.90. The van der Waals surface area contributed by atoms with Gasteiger partial charge in [0.1, 0.15) is 35.6 Å². The van der Waals surface area contributed by atoms with Crippen molar-refractivity contribution in [2.75, 3.05) is 40.3 Å². The molecule has 14 heteroatoms. The highest BCUT2D eigenvalue weighted by Crippen LogP contribution is 2.62. The molecule has 4 aliphatic rings. The van der Waals surface area contributed by atoms with E-state index in [9.17, 15) is 20.3 Å². The molecule has 1 saturated carbocycles. The number of ether oxygens (including phenoxy) is 6. The summed E-state index contributed by atoms with van der Waals surface area (Å²) in [5.41, 5.74) is 4.32. The van der Waals surface area contributed by atoms with Gasteiger partial charge >= 0.3 is 0 Å². The van der Waals surface area contributed by atoms with Crippen molar-refractivity contribution in [3.63, 3.8) is 0 Å². The van der Waals surface area contributed by atoms with Gasteiger partial charge < -0.3 is 48.4 Å². The number of carbonyl (C=O) groups excluding carboxylic acids is 2. The van der Waals surface area contributed by atoms with Gasteiger partial charge in [-0.1, -0.05) is 36.2 Å². The predicted molar refractivity (Wildman–Crippen MR) is 249 cm³/mol. The van der Waals surface area contributed by atoms with E-state index in [-0.39, 0.29) is 63.2 Å². The number of methoxy groups -OCH3 is 1. The second-order valence-corrected chi connectivity index (χ2v) is 17.1. The molecule has 8 rings (SSSR count). The number of aliphatic hydroxyl groups excluding tert-OH is 2. The number of aliphatic hydroxyl groups is 2. The molecule has 0 bridgehead atoms. The molecule has 350 valence electrons. The van der Waals surface area contributed by atoms with E-state index in [1.165, 1.54) is 7.11 Å². The number of amides is 1. The Labute approximate surface area is 390 Å². The van der Waals surface area contributed by atoms with Crippen molar-refractivity contribution in [1.82, 2.24) is 4.90 Å². The van der Waals surface area contributed by atoms with Crippen LogP contribution in [0.1, 0.15) is 95.2 Å². The maximum atomic E-state index is 15.4. The Balaban J connectivity index is 1.35. The van der Waals surface area contributed by atoms with Crippen molar-refractivity contribution < 1.29 is 53.1 Å². The minimum absolute atomic E-state index is 0.0132. The molecule has 4 aromatic carbocycles.